The molecule has 2 aromatic rings. The number of fused-ring (bicyclic) bond motifs is 1. The third-order valence-corrected chi connectivity index (χ3v) is 4.89. The molecule has 2 aromatic heterocycles. The minimum absolute atomic E-state index is 0.189. The van der Waals surface area contributed by atoms with Gasteiger partial charge in [-0.2, -0.15) is 10.1 Å². The fourth-order valence-corrected chi connectivity index (χ4v) is 3.73. The van der Waals surface area contributed by atoms with Crippen LogP contribution >= 0.6 is 11.8 Å². The zero-order valence-electron chi connectivity index (χ0n) is 13.3. The summed E-state index contributed by atoms with van der Waals surface area (Å²) in [6.07, 6.45) is 4.29. The summed E-state index contributed by atoms with van der Waals surface area (Å²) < 4.78 is 3.66. The molecule has 0 saturated heterocycles. The van der Waals surface area contributed by atoms with Crippen LogP contribution in [0.2, 0.25) is 0 Å². The van der Waals surface area contributed by atoms with Crippen molar-refractivity contribution < 1.29 is 4.79 Å². The third kappa shape index (κ3) is 2.20. The number of allylic oxidation sites excluding steroid dienone is 2. The van der Waals surface area contributed by atoms with Crippen LogP contribution in [0, 0.1) is 6.92 Å². The van der Waals surface area contributed by atoms with Crippen molar-refractivity contribution in [3.05, 3.63) is 28.7 Å². The van der Waals surface area contributed by atoms with Gasteiger partial charge >= 0.3 is 0 Å². The molecule has 120 valence electrons. The van der Waals surface area contributed by atoms with Crippen molar-refractivity contribution in [2.24, 2.45) is 7.05 Å². The van der Waals surface area contributed by atoms with Crippen LogP contribution in [0.1, 0.15) is 36.7 Å². The Hall–Kier alpha value is -2.09. The number of hydrogen-bond donors (Lipinski definition) is 1. The van der Waals surface area contributed by atoms with Crippen LogP contribution in [0.3, 0.4) is 0 Å². The van der Waals surface area contributed by atoms with E-state index in [0.29, 0.717) is 17.5 Å². The van der Waals surface area contributed by atoms with E-state index in [9.17, 15) is 4.79 Å². The first-order chi connectivity index (χ1) is 11.1. The predicted octanol–water partition coefficient (Wildman–Crippen LogP) is 2.06. The van der Waals surface area contributed by atoms with E-state index in [2.05, 4.69) is 20.5 Å². The number of Topliss-reactive ketones (excluding diaryl/α,β-unsaturated/α-hetero) is 1. The average Bonchev–Trinajstić information content (AvgIpc) is 3.07. The van der Waals surface area contributed by atoms with Gasteiger partial charge in [0.05, 0.1) is 11.4 Å². The first-order valence-electron chi connectivity index (χ1n) is 7.63. The number of carbonyl (C=O) groups excluding carboxylic acids is 1. The highest BCUT2D eigenvalue weighted by molar-refractivity contribution is 7.98. The molecule has 23 heavy (non-hydrogen) atoms. The molecule has 0 fully saturated rings. The normalized spacial score (nSPS) is 20.3. The van der Waals surface area contributed by atoms with Crippen LogP contribution in [0.5, 0.6) is 0 Å². The molecule has 1 N–H and O–H groups in total. The van der Waals surface area contributed by atoms with Crippen molar-refractivity contribution in [3.8, 4) is 0 Å². The number of nitrogens with zero attached hydrogens (tertiary/aromatic N) is 5. The van der Waals surface area contributed by atoms with Gasteiger partial charge in [-0.05, 0) is 32.1 Å². The van der Waals surface area contributed by atoms with Gasteiger partial charge in [-0.3, -0.25) is 9.48 Å². The van der Waals surface area contributed by atoms with Gasteiger partial charge in [0.2, 0.25) is 11.1 Å². The molecule has 8 heteroatoms. The highest BCUT2D eigenvalue weighted by atomic mass is 32.2. The molecular weight excluding hydrogens is 312 g/mol. The van der Waals surface area contributed by atoms with E-state index in [1.807, 2.05) is 35.7 Å². The zero-order chi connectivity index (χ0) is 16.1. The molecule has 0 aromatic carbocycles. The van der Waals surface area contributed by atoms with Crippen LogP contribution in [-0.2, 0) is 11.8 Å². The smallest absolute Gasteiger partial charge is 0.227 e. The molecule has 0 bridgehead atoms. The molecule has 0 spiro atoms. The maximum Gasteiger partial charge on any atom is 0.227 e. The van der Waals surface area contributed by atoms with Crippen molar-refractivity contribution >= 4 is 23.5 Å². The van der Waals surface area contributed by atoms with Gasteiger partial charge in [0, 0.05) is 24.7 Å². The van der Waals surface area contributed by atoms with Crippen molar-refractivity contribution in [2.75, 3.05) is 11.6 Å². The Kier molecular flexibility index (Phi) is 3.29. The van der Waals surface area contributed by atoms with E-state index >= 15 is 0 Å². The molecule has 0 saturated carbocycles. The van der Waals surface area contributed by atoms with Gasteiger partial charge in [-0.15, -0.1) is 5.10 Å². The van der Waals surface area contributed by atoms with Crippen LogP contribution in [0.15, 0.2) is 22.5 Å². The topological polar surface area (TPSA) is 77.6 Å². The molecule has 4 rings (SSSR count). The number of nitrogens with one attached hydrogen (secondary N) is 1. The van der Waals surface area contributed by atoms with Crippen LogP contribution in [-0.4, -0.2) is 36.6 Å². The molecule has 7 nitrogen and oxygen atoms in total. The van der Waals surface area contributed by atoms with E-state index in [-0.39, 0.29) is 11.8 Å². The van der Waals surface area contributed by atoms with Crippen LogP contribution in [0.25, 0.3) is 0 Å². The number of hydrogen-bond acceptors (Lipinski definition) is 6. The predicted molar refractivity (Wildman–Crippen MR) is 87.4 cm³/mol. The second-order valence-corrected chi connectivity index (χ2v) is 6.67. The average molecular weight is 330 g/mol. The largest absolute Gasteiger partial charge is 0.328 e. The van der Waals surface area contributed by atoms with Crippen molar-refractivity contribution in [1.82, 2.24) is 24.5 Å². The van der Waals surface area contributed by atoms with Gasteiger partial charge in [-0.25, -0.2) is 4.68 Å². The van der Waals surface area contributed by atoms with E-state index in [1.165, 1.54) is 11.8 Å². The molecule has 1 aliphatic heterocycles. The van der Waals surface area contributed by atoms with E-state index < -0.39 is 0 Å². The minimum Gasteiger partial charge on any atom is -0.328 e. The number of anilines is 1. The van der Waals surface area contributed by atoms with Crippen LogP contribution in [0.4, 0.5) is 5.95 Å². The first-order valence-corrected chi connectivity index (χ1v) is 8.85. The zero-order valence-corrected chi connectivity index (χ0v) is 14.1. The van der Waals surface area contributed by atoms with Gasteiger partial charge in [0.15, 0.2) is 5.78 Å². The number of carbonyl (C=O) groups is 1. The Labute approximate surface area is 138 Å². The van der Waals surface area contributed by atoms with Crippen molar-refractivity contribution in [1.29, 1.82) is 0 Å². The fourth-order valence-electron chi connectivity index (χ4n) is 3.38. The highest BCUT2D eigenvalue weighted by Crippen LogP contribution is 2.40. The summed E-state index contributed by atoms with van der Waals surface area (Å²) in [5.74, 6) is 0.890. The monoisotopic (exact) mass is 330 g/mol. The number of aromatic nitrogens is 5. The lowest BCUT2D eigenvalue weighted by Gasteiger charge is -2.31. The maximum atomic E-state index is 12.6. The molecule has 2 aliphatic rings. The second-order valence-electron chi connectivity index (χ2n) is 5.90. The molecule has 1 unspecified atom stereocenters. The summed E-state index contributed by atoms with van der Waals surface area (Å²) in [4.78, 5) is 17.1. The lowest BCUT2D eigenvalue weighted by Crippen LogP contribution is -2.32. The Morgan fingerprint density at radius 2 is 2.17 bits per heavy atom. The maximum absolute atomic E-state index is 12.6. The second kappa shape index (κ2) is 5.23. The first kappa shape index (κ1) is 14.5. The van der Waals surface area contributed by atoms with Crippen molar-refractivity contribution in [3.63, 3.8) is 0 Å². The molecule has 1 aliphatic carbocycles. The fraction of sp³-hybridized carbons (Fsp3) is 0.467. The number of aryl methyl sites for hydroxylation is 2. The van der Waals surface area contributed by atoms with Gasteiger partial charge < -0.3 is 5.32 Å². The lowest BCUT2D eigenvalue weighted by molar-refractivity contribution is -0.116. The summed E-state index contributed by atoms with van der Waals surface area (Å²) in [5, 5.41) is 13.0. The van der Waals surface area contributed by atoms with Crippen molar-refractivity contribution in [2.45, 2.75) is 37.4 Å². The lowest BCUT2D eigenvalue weighted by atomic mass is 9.87. The molecular formula is C15H18N6OS. The number of thioether (sulfide) groups is 1. The van der Waals surface area contributed by atoms with Gasteiger partial charge in [0.25, 0.3) is 0 Å². The number of rotatable bonds is 2. The Bertz CT molecular complexity index is 833. The quantitative estimate of drug-likeness (QED) is 0.849. The Balaban J connectivity index is 1.94. The van der Waals surface area contributed by atoms with Gasteiger partial charge in [-0.1, -0.05) is 11.8 Å². The molecule has 3 heterocycles. The van der Waals surface area contributed by atoms with E-state index in [1.54, 1.807) is 0 Å². The summed E-state index contributed by atoms with van der Waals surface area (Å²) in [6.45, 7) is 1.96. The summed E-state index contributed by atoms with van der Waals surface area (Å²) in [6, 6.07) is 1.76. The number of ketones is 1. The third-order valence-electron chi connectivity index (χ3n) is 4.35. The van der Waals surface area contributed by atoms with Gasteiger partial charge in [0.1, 0.15) is 6.04 Å². The highest BCUT2D eigenvalue weighted by Gasteiger charge is 2.38. The summed E-state index contributed by atoms with van der Waals surface area (Å²) in [5.41, 5.74) is 3.69. The summed E-state index contributed by atoms with van der Waals surface area (Å²) in [7, 11) is 1.91. The molecule has 0 radical (unpaired) electrons. The SMILES string of the molecule is CSc1nc2n(n1)C(c1cc(C)nn1C)C1=C(CCCC1=O)N2. The minimum atomic E-state index is -0.256. The Morgan fingerprint density at radius 3 is 2.87 bits per heavy atom. The summed E-state index contributed by atoms with van der Waals surface area (Å²) >= 11 is 1.49. The van der Waals surface area contributed by atoms with E-state index in [4.69, 9.17) is 0 Å². The Morgan fingerprint density at radius 1 is 1.35 bits per heavy atom. The van der Waals surface area contributed by atoms with Crippen LogP contribution < -0.4 is 5.32 Å². The standard InChI is InChI=1S/C15H18N6OS/c1-8-7-10(20(2)18-8)13-12-9(5-4-6-11(12)22)16-14-17-15(23-3)19-21(13)14/h7,13H,4-6H2,1-3H3,(H,16,17,19). The van der Waals surface area contributed by atoms with E-state index in [0.717, 1.165) is 35.5 Å². The molecule has 1 atom stereocenters. The molecule has 0 amide bonds.